The molecule has 1 aliphatic rings. The van der Waals surface area contributed by atoms with Gasteiger partial charge in [-0.25, -0.2) is 0 Å². The zero-order chi connectivity index (χ0) is 15.9. The van der Waals surface area contributed by atoms with Crippen molar-refractivity contribution in [2.24, 2.45) is 0 Å². The lowest BCUT2D eigenvalue weighted by Crippen LogP contribution is -2.35. The minimum Gasteiger partial charge on any atom is -0.483 e. The van der Waals surface area contributed by atoms with Gasteiger partial charge in [0.15, 0.2) is 6.61 Å². The zero-order valence-corrected chi connectivity index (χ0v) is 13.9. The summed E-state index contributed by atoms with van der Waals surface area (Å²) in [6.45, 7) is 6.77. The Balaban J connectivity index is 1.89. The van der Waals surface area contributed by atoms with Crippen molar-refractivity contribution >= 4 is 5.91 Å². The maximum Gasteiger partial charge on any atom is 0.257 e. The maximum atomic E-state index is 11.8. The third kappa shape index (κ3) is 4.71. The van der Waals surface area contributed by atoms with Crippen LogP contribution in [0.5, 0.6) is 5.75 Å². The van der Waals surface area contributed by atoms with Gasteiger partial charge in [0.25, 0.3) is 5.91 Å². The van der Waals surface area contributed by atoms with Gasteiger partial charge in [0, 0.05) is 31.7 Å². The number of carbonyl (C=O) groups is 1. The molecular formula is C17H27N3O2. The molecule has 1 aliphatic heterocycles. The van der Waals surface area contributed by atoms with Gasteiger partial charge in [-0.3, -0.25) is 9.69 Å². The first-order valence-electron chi connectivity index (χ1n) is 7.97. The van der Waals surface area contributed by atoms with Crippen LogP contribution in [0.15, 0.2) is 18.2 Å². The molecule has 2 rings (SSSR count). The molecule has 0 spiro atoms. The highest BCUT2D eigenvalue weighted by atomic mass is 16.5. The largest absolute Gasteiger partial charge is 0.483 e. The quantitative estimate of drug-likeness (QED) is 0.820. The highest BCUT2D eigenvalue weighted by molar-refractivity contribution is 5.77. The van der Waals surface area contributed by atoms with Crippen LogP contribution in [0.2, 0.25) is 0 Å². The van der Waals surface area contributed by atoms with E-state index in [-0.39, 0.29) is 12.5 Å². The van der Waals surface area contributed by atoms with Crippen molar-refractivity contribution < 1.29 is 9.53 Å². The summed E-state index contributed by atoms with van der Waals surface area (Å²) in [5, 5.41) is 2.87. The van der Waals surface area contributed by atoms with E-state index in [1.807, 2.05) is 31.1 Å². The number of likely N-dealkylation sites (N-methyl/N-ethyl adjacent to an activating group) is 2. The Morgan fingerprint density at radius 3 is 2.95 bits per heavy atom. The Bertz CT molecular complexity index is 503. The highest BCUT2D eigenvalue weighted by Gasteiger charge is 2.18. The Labute approximate surface area is 133 Å². The second-order valence-corrected chi connectivity index (χ2v) is 5.95. The van der Waals surface area contributed by atoms with Crippen molar-refractivity contribution in [3.8, 4) is 5.75 Å². The van der Waals surface area contributed by atoms with Crippen LogP contribution in [-0.4, -0.2) is 62.6 Å². The van der Waals surface area contributed by atoms with E-state index in [1.165, 1.54) is 11.1 Å². The summed E-state index contributed by atoms with van der Waals surface area (Å²) >= 11 is 0. The van der Waals surface area contributed by atoms with Gasteiger partial charge in [0.1, 0.15) is 5.75 Å². The van der Waals surface area contributed by atoms with Crippen LogP contribution < -0.4 is 10.1 Å². The van der Waals surface area contributed by atoms with Gasteiger partial charge in [-0.2, -0.15) is 0 Å². The molecule has 0 unspecified atom stereocenters. The number of rotatable bonds is 7. The third-order valence-corrected chi connectivity index (χ3v) is 4.00. The molecule has 1 aromatic rings. The summed E-state index contributed by atoms with van der Waals surface area (Å²) < 4.78 is 5.76. The second kappa shape index (κ2) is 8.15. The molecule has 22 heavy (non-hydrogen) atoms. The molecule has 5 nitrogen and oxygen atoms in total. The van der Waals surface area contributed by atoms with Gasteiger partial charge in [-0.15, -0.1) is 0 Å². The lowest BCUT2D eigenvalue weighted by molar-refractivity contribution is -0.123. The summed E-state index contributed by atoms with van der Waals surface area (Å²) in [7, 11) is 3.97. The predicted octanol–water partition coefficient (Wildman–Crippen LogP) is 1.12. The number of nitrogens with zero attached hydrogens (tertiary/aromatic N) is 2. The summed E-state index contributed by atoms with van der Waals surface area (Å²) in [4.78, 5) is 16.3. The van der Waals surface area contributed by atoms with E-state index < -0.39 is 0 Å². The van der Waals surface area contributed by atoms with Crippen LogP contribution in [-0.2, 0) is 17.8 Å². The Kier molecular flexibility index (Phi) is 6.21. The van der Waals surface area contributed by atoms with E-state index in [9.17, 15) is 4.79 Å². The molecule has 1 amide bonds. The minimum absolute atomic E-state index is 0.0670. The monoisotopic (exact) mass is 305 g/mol. The van der Waals surface area contributed by atoms with Gasteiger partial charge in [0.05, 0.1) is 0 Å². The van der Waals surface area contributed by atoms with Gasteiger partial charge in [-0.05, 0) is 38.7 Å². The summed E-state index contributed by atoms with van der Waals surface area (Å²) in [5.74, 6) is 0.779. The molecule has 0 saturated heterocycles. The van der Waals surface area contributed by atoms with E-state index in [4.69, 9.17) is 4.74 Å². The fourth-order valence-corrected chi connectivity index (χ4v) is 2.62. The summed E-state index contributed by atoms with van der Waals surface area (Å²) in [6, 6.07) is 6.14. The molecule has 0 aliphatic carbocycles. The number of ether oxygens (including phenoxy) is 1. The number of nitrogens with one attached hydrogen (secondary N) is 1. The van der Waals surface area contributed by atoms with Crippen molar-refractivity contribution in [3.63, 3.8) is 0 Å². The first-order valence-corrected chi connectivity index (χ1v) is 7.97. The van der Waals surface area contributed by atoms with Gasteiger partial charge < -0.3 is 15.0 Å². The van der Waals surface area contributed by atoms with Gasteiger partial charge >= 0.3 is 0 Å². The van der Waals surface area contributed by atoms with Crippen molar-refractivity contribution in [2.45, 2.75) is 19.9 Å². The molecule has 0 aromatic heterocycles. The average molecular weight is 305 g/mol. The Hall–Kier alpha value is -1.59. The number of hydrogen-bond acceptors (Lipinski definition) is 4. The fraction of sp³-hybridized carbons (Fsp3) is 0.588. The normalized spacial score (nSPS) is 14.7. The van der Waals surface area contributed by atoms with Crippen molar-refractivity contribution in [3.05, 3.63) is 29.3 Å². The minimum atomic E-state index is -0.0670. The van der Waals surface area contributed by atoms with Crippen LogP contribution in [0.3, 0.4) is 0 Å². The Morgan fingerprint density at radius 1 is 1.41 bits per heavy atom. The van der Waals surface area contributed by atoms with Gasteiger partial charge in [0.2, 0.25) is 0 Å². The maximum absolute atomic E-state index is 11.8. The second-order valence-electron chi connectivity index (χ2n) is 5.95. The predicted molar refractivity (Wildman–Crippen MR) is 88.2 cm³/mol. The van der Waals surface area contributed by atoms with E-state index in [0.29, 0.717) is 6.54 Å². The van der Waals surface area contributed by atoms with Crippen LogP contribution in [0, 0.1) is 0 Å². The number of benzene rings is 1. The van der Waals surface area contributed by atoms with E-state index in [1.54, 1.807) is 0 Å². The number of carbonyl (C=O) groups excluding carboxylic acids is 1. The molecular weight excluding hydrogens is 278 g/mol. The third-order valence-electron chi connectivity index (χ3n) is 4.00. The number of fused-ring (bicyclic) bond motifs is 1. The number of hydrogen-bond donors (Lipinski definition) is 1. The number of amides is 1. The standard InChI is InChI=1S/C17H27N3O2/c1-4-20-10-8-14-6-5-7-16(15(14)12-20)22-13-17(21)18-9-11-19(2)3/h5-7H,4,8-13H2,1-3H3,(H,18,21). The molecule has 0 atom stereocenters. The van der Waals surface area contributed by atoms with E-state index in [2.05, 4.69) is 23.2 Å². The summed E-state index contributed by atoms with van der Waals surface area (Å²) in [6.07, 6.45) is 1.05. The molecule has 1 N–H and O–H groups in total. The molecule has 122 valence electrons. The van der Waals surface area contributed by atoms with E-state index >= 15 is 0 Å². The zero-order valence-electron chi connectivity index (χ0n) is 13.9. The molecule has 0 radical (unpaired) electrons. The first-order chi connectivity index (χ1) is 10.6. The fourth-order valence-electron chi connectivity index (χ4n) is 2.62. The summed E-state index contributed by atoms with van der Waals surface area (Å²) in [5.41, 5.74) is 2.58. The molecule has 1 heterocycles. The van der Waals surface area contributed by atoms with Gasteiger partial charge in [-0.1, -0.05) is 19.1 Å². The van der Waals surface area contributed by atoms with Crippen molar-refractivity contribution in [2.75, 3.05) is 46.9 Å². The molecule has 0 fully saturated rings. The molecule has 0 bridgehead atoms. The first kappa shape index (κ1) is 16.8. The Morgan fingerprint density at radius 2 is 2.23 bits per heavy atom. The van der Waals surface area contributed by atoms with Crippen LogP contribution >= 0.6 is 0 Å². The van der Waals surface area contributed by atoms with E-state index in [0.717, 1.165) is 38.3 Å². The topological polar surface area (TPSA) is 44.8 Å². The molecule has 0 saturated carbocycles. The molecule has 5 heteroatoms. The van der Waals surface area contributed by atoms with Crippen LogP contribution in [0.1, 0.15) is 18.1 Å². The van der Waals surface area contributed by atoms with Crippen molar-refractivity contribution in [1.82, 2.24) is 15.1 Å². The molecule has 1 aromatic carbocycles. The lowest BCUT2D eigenvalue weighted by atomic mass is 9.99. The SMILES string of the molecule is CCN1CCc2cccc(OCC(=O)NCCN(C)C)c2C1. The van der Waals surface area contributed by atoms with Crippen LogP contribution in [0.25, 0.3) is 0 Å². The smallest absolute Gasteiger partial charge is 0.257 e. The highest BCUT2D eigenvalue weighted by Crippen LogP contribution is 2.27. The van der Waals surface area contributed by atoms with Crippen molar-refractivity contribution in [1.29, 1.82) is 0 Å². The average Bonchev–Trinajstić information content (AvgIpc) is 2.52. The van der Waals surface area contributed by atoms with Crippen LogP contribution in [0.4, 0.5) is 0 Å². The lowest BCUT2D eigenvalue weighted by Gasteiger charge is -2.28.